The molecule has 23 heavy (non-hydrogen) atoms. The Hall–Kier alpha value is -3.52. The molecule has 0 fully saturated rings. The van der Waals surface area contributed by atoms with E-state index in [0.29, 0.717) is 0 Å². The van der Waals surface area contributed by atoms with Crippen molar-refractivity contribution >= 4 is 28.6 Å². The van der Waals surface area contributed by atoms with Crippen molar-refractivity contribution in [1.29, 1.82) is 5.26 Å². The predicted molar refractivity (Wildman–Crippen MR) is 88.6 cm³/mol. The summed E-state index contributed by atoms with van der Waals surface area (Å²) in [5, 5.41) is 22.4. The molecule has 1 amide bonds. The van der Waals surface area contributed by atoms with Gasteiger partial charge in [-0.25, -0.2) is 0 Å². The van der Waals surface area contributed by atoms with Gasteiger partial charge in [0.1, 0.15) is 17.4 Å². The topological polar surface area (TPSA) is 88.9 Å². The molecule has 0 aliphatic heterocycles. The van der Waals surface area contributed by atoms with E-state index in [0.717, 1.165) is 16.5 Å². The predicted octanol–water partition coefficient (Wildman–Crippen LogP) is 3.42. The third kappa shape index (κ3) is 2.92. The maximum absolute atomic E-state index is 12.2. The van der Waals surface area contributed by atoms with Crippen LogP contribution in [0, 0.1) is 11.3 Å². The lowest BCUT2D eigenvalue weighted by Crippen LogP contribution is -2.13. The number of phenolic OH excluding ortho intramolecular Hbond substituents is 1. The number of anilines is 1. The molecule has 1 heterocycles. The fraction of sp³-hybridized carbons (Fsp3) is 0. The second-order valence-electron chi connectivity index (χ2n) is 4.93. The van der Waals surface area contributed by atoms with E-state index in [1.807, 2.05) is 30.3 Å². The highest BCUT2D eigenvalue weighted by Gasteiger charge is 2.12. The van der Waals surface area contributed by atoms with E-state index in [2.05, 4.69) is 10.3 Å². The fourth-order valence-corrected chi connectivity index (χ4v) is 2.29. The minimum absolute atomic E-state index is 0.0435. The minimum atomic E-state index is -0.570. The summed E-state index contributed by atoms with van der Waals surface area (Å²) in [7, 11) is 0. The number of aromatic nitrogens is 1. The van der Waals surface area contributed by atoms with Crippen LogP contribution in [0.25, 0.3) is 17.0 Å². The Kier molecular flexibility index (Phi) is 3.81. The van der Waals surface area contributed by atoms with E-state index in [9.17, 15) is 15.2 Å². The Morgan fingerprint density at radius 1 is 1.17 bits per heavy atom. The van der Waals surface area contributed by atoms with Crippen LogP contribution in [0.15, 0.2) is 60.3 Å². The smallest absolute Gasteiger partial charge is 0.266 e. The molecule has 5 nitrogen and oxygen atoms in total. The summed E-state index contributed by atoms with van der Waals surface area (Å²) >= 11 is 0. The van der Waals surface area contributed by atoms with Crippen LogP contribution in [0.4, 0.5) is 5.69 Å². The van der Waals surface area contributed by atoms with Gasteiger partial charge in [0.05, 0.1) is 5.69 Å². The number of amides is 1. The number of fused-ring (bicyclic) bond motifs is 1. The zero-order valence-electron chi connectivity index (χ0n) is 12.1. The summed E-state index contributed by atoms with van der Waals surface area (Å²) in [6.07, 6.45) is 3.27. The monoisotopic (exact) mass is 303 g/mol. The molecule has 3 rings (SSSR count). The first-order chi connectivity index (χ1) is 11.2. The van der Waals surface area contributed by atoms with Gasteiger partial charge in [0, 0.05) is 22.7 Å². The lowest BCUT2D eigenvalue weighted by atomic mass is 10.1. The second-order valence-corrected chi connectivity index (χ2v) is 4.93. The van der Waals surface area contributed by atoms with E-state index < -0.39 is 5.91 Å². The number of rotatable bonds is 3. The number of benzene rings is 2. The summed E-state index contributed by atoms with van der Waals surface area (Å²) in [5.74, 6) is -0.621. The molecule has 0 saturated carbocycles. The molecule has 0 aliphatic rings. The molecule has 0 atom stereocenters. The quantitative estimate of drug-likeness (QED) is 0.393. The molecule has 0 spiro atoms. The number of para-hydroxylation sites is 3. The largest absolute Gasteiger partial charge is 0.506 e. The molecule has 2 aromatic carbocycles. The molecule has 0 bridgehead atoms. The number of hydrogen-bond acceptors (Lipinski definition) is 3. The Morgan fingerprint density at radius 3 is 2.70 bits per heavy atom. The Balaban J connectivity index is 1.92. The summed E-state index contributed by atoms with van der Waals surface area (Å²) in [5.41, 5.74) is 1.90. The first-order valence-electron chi connectivity index (χ1n) is 6.96. The number of nitrogens with zero attached hydrogens (tertiary/aromatic N) is 1. The zero-order valence-corrected chi connectivity index (χ0v) is 12.1. The van der Waals surface area contributed by atoms with Crippen molar-refractivity contribution in [2.45, 2.75) is 0 Å². The van der Waals surface area contributed by atoms with Crippen LogP contribution in [0.3, 0.4) is 0 Å². The van der Waals surface area contributed by atoms with Crippen molar-refractivity contribution < 1.29 is 9.90 Å². The number of aromatic hydroxyl groups is 1. The average molecular weight is 303 g/mol. The number of nitrogens with one attached hydrogen (secondary N) is 2. The van der Waals surface area contributed by atoms with Crippen LogP contribution in [-0.2, 0) is 4.79 Å². The van der Waals surface area contributed by atoms with Crippen molar-refractivity contribution in [3.63, 3.8) is 0 Å². The molecule has 0 unspecified atom stereocenters. The highest BCUT2D eigenvalue weighted by atomic mass is 16.3. The standard InChI is InChI=1S/C18H13N3O2/c19-10-12(18(23)21-16-7-3-4-8-17(16)22)9-13-11-20-15-6-2-1-5-14(13)15/h1-9,11,20,22H,(H,21,23). The van der Waals surface area contributed by atoms with Crippen molar-refractivity contribution in [3.8, 4) is 11.8 Å². The second kappa shape index (κ2) is 6.08. The van der Waals surface area contributed by atoms with Gasteiger partial charge in [-0.05, 0) is 24.3 Å². The molecule has 5 heteroatoms. The summed E-state index contributed by atoms with van der Waals surface area (Å²) < 4.78 is 0. The van der Waals surface area contributed by atoms with Gasteiger partial charge in [-0.15, -0.1) is 0 Å². The van der Waals surface area contributed by atoms with Crippen LogP contribution < -0.4 is 5.32 Å². The number of phenols is 1. The maximum Gasteiger partial charge on any atom is 0.266 e. The fourth-order valence-electron chi connectivity index (χ4n) is 2.29. The molecule has 3 N–H and O–H groups in total. The zero-order chi connectivity index (χ0) is 16.2. The van der Waals surface area contributed by atoms with Gasteiger partial charge in [-0.3, -0.25) is 4.79 Å². The van der Waals surface area contributed by atoms with Crippen LogP contribution in [0.1, 0.15) is 5.56 Å². The van der Waals surface area contributed by atoms with E-state index in [-0.39, 0.29) is 17.0 Å². The van der Waals surface area contributed by atoms with Crippen LogP contribution in [-0.4, -0.2) is 16.0 Å². The highest BCUT2D eigenvalue weighted by Crippen LogP contribution is 2.23. The van der Waals surface area contributed by atoms with Gasteiger partial charge in [-0.2, -0.15) is 5.26 Å². The lowest BCUT2D eigenvalue weighted by molar-refractivity contribution is -0.112. The molecule has 3 aromatic rings. The van der Waals surface area contributed by atoms with Gasteiger partial charge >= 0.3 is 0 Å². The normalized spacial score (nSPS) is 11.2. The van der Waals surface area contributed by atoms with Gasteiger partial charge < -0.3 is 15.4 Å². The van der Waals surface area contributed by atoms with Gasteiger partial charge in [0.2, 0.25) is 0 Å². The van der Waals surface area contributed by atoms with E-state index in [1.165, 1.54) is 12.1 Å². The first kappa shape index (κ1) is 14.4. The average Bonchev–Trinajstić information content (AvgIpc) is 2.97. The summed E-state index contributed by atoms with van der Waals surface area (Å²) in [4.78, 5) is 15.3. The van der Waals surface area contributed by atoms with Gasteiger partial charge in [0.25, 0.3) is 5.91 Å². The van der Waals surface area contributed by atoms with Crippen molar-refractivity contribution in [1.82, 2.24) is 4.98 Å². The molecule has 0 saturated heterocycles. The SMILES string of the molecule is N#CC(=Cc1c[nH]c2ccccc12)C(=O)Nc1ccccc1O. The molecule has 112 valence electrons. The van der Waals surface area contributed by atoms with Crippen LogP contribution >= 0.6 is 0 Å². The van der Waals surface area contributed by atoms with Crippen molar-refractivity contribution in [3.05, 3.63) is 65.9 Å². The third-order valence-corrected chi connectivity index (χ3v) is 3.44. The number of carbonyl (C=O) groups is 1. The van der Waals surface area contributed by atoms with Crippen molar-refractivity contribution in [2.24, 2.45) is 0 Å². The molecule has 0 aliphatic carbocycles. The minimum Gasteiger partial charge on any atom is -0.506 e. The Morgan fingerprint density at radius 2 is 1.91 bits per heavy atom. The van der Waals surface area contributed by atoms with E-state index in [1.54, 1.807) is 24.4 Å². The van der Waals surface area contributed by atoms with Crippen molar-refractivity contribution in [2.75, 3.05) is 5.32 Å². The lowest BCUT2D eigenvalue weighted by Gasteiger charge is -2.05. The summed E-state index contributed by atoms with van der Waals surface area (Å²) in [6, 6.07) is 15.9. The van der Waals surface area contributed by atoms with Gasteiger partial charge in [-0.1, -0.05) is 30.3 Å². The van der Waals surface area contributed by atoms with Gasteiger partial charge in [0.15, 0.2) is 0 Å². The molecular formula is C18H13N3O2. The van der Waals surface area contributed by atoms with Crippen LogP contribution in [0.2, 0.25) is 0 Å². The Bertz CT molecular complexity index is 948. The number of aromatic amines is 1. The molecule has 1 aromatic heterocycles. The third-order valence-electron chi connectivity index (χ3n) is 3.44. The Labute approximate surface area is 132 Å². The molecule has 0 radical (unpaired) electrons. The summed E-state index contributed by atoms with van der Waals surface area (Å²) in [6.45, 7) is 0. The first-order valence-corrected chi connectivity index (χ1v) is 6.96. The van der Waals surface area contributed by atoms with E-state index in [4.69, 9.17) is 0 Å². The van der Waals surface area contributed by atoms with E-state index >= 15 is 0 Å². The highest BCUT2D eigenvalue weighted by molar-refractivity contribution is 6.11. The number of carbonyl (C=O) groups excluding carboxylic acids is 1. The number of hydrogen-bond donors (Lipinski definition) is 3. The number of H-pyrrole nitrogens is 1. The molecular weight excluding hydrogens is 290 g/mol. The number of nitriles is 1. The maximum atomic E-state index is 12.2. The van der Waals surface area contributed by atoms with Crippen LogP contribution in [0.5, 0.6) is 5.75 Å².